The summed E-state index contributed by atoms with van der Waals surface area (Å²) in [6.45, 7) is 0.716. The second kappa shape index (κ2) is 6.36. The molecule has 0 unspecified atom stereocenters. The van der Waals surface area contributed by atoms with Gasteiger partial charge in [-0.2, -0.15) is 0 Å². The van der Waals surface area contributed by atoms with Crippen molar-refractivity contribution in [3.05, 3.63) is 69.9 Å². The maximum Gasteiger partial charge on any atom is 0.255 e. The highest BCUT2D eigenvalue weighted by molar-refractivity contribution is 5.94. The number of halogens is 1. The van der Waals surface area contributed by atoms with E-state index in [0.29, 0.717) is 12.1 Å². The molecule has 0 N–H and O–H groups in total. The number of nitrogens with zero attached hydrogens (tertiary/aromatic N) is 2. The van der Waals surface area contributed by atoms with E-state index in [1.54, 1.807) is 31.4 Å². The molecule has 0 saturated carbocycles. The predicted molar refractivity (Wildman–Crippen MR) is 85.8 cm³/mol. The minimum atomic E-state index is -0.252. The van der Waals surface area contributed by atoms with Crippen LogP contribution in [0.25, 0.3) is 0 Å². The third-order valence-electron chi connectivity index (χ3n) is 4.36. The molecule has 1 amide bonds. The fraction of sp³-hybridized carbons (Fsp3) is 0.333. The molecule has 0 bridgehead atoms. The first-order chi connectivity index (χ1) is 11.0. The van der Waals surface area contributed by atoms with E-state index >= 15 is 0 Å². The molecule has 1 fully saturated rings. The summed E-state index contributed by atoms with van der Waals surface area (Å²) < 4.78 is 14.4. The van der Waals surface area contributed by atoms with Crippen molar-refractivity contribution in [3.63, 3.8) is 0 Å². The molecule has 120 valence electrons. The van der Waals surface area contributed by atoms with Gasteiger partial charge < -0.3 is 9.47 Å². The van der Waals surface area contributed by atoms with E-state index in [4.69, 9.17) is 0 Å². The van der Waals surface area contributed by atoms with E-state index in [1.807, 2.05) is 4.90 Å². The number of pyridine rings is 1. The van der Waals surface area contributed by atoms with Crippen LogP contribution >= 0.6 is 0 Å². The molecule has 0 spiro atoms. The van der Waals surface area contributed by atoms with Gasteiger partial charge in [0.1, 0.15) is 5.82 Å². The van der Waals surface area contributed by atoms with Crippen LogP contribution in [-0.4, -0.2) is 28.0 Å². The molecule has 1 aliphatic rings. The molecule has 1 atom stereocenters. The van der Waals surface area contributed by atoms with Gasteiger partial charge >= 0.3 is 0 Å². The quantitative estimate of drug-likeness (QED) is 0.873. The average molecular weight is 314 g/mol. The summed E-state index contributed by atoms with van der Waals surface area (Å²) in [4.78, 5) is 26.0. The first-order valence-corrected chi connectivity index (χ1v) is 7.77. The average Bonchev–Trinajstić information content (AvgIpc) is 2.99. The van der Waals surface area contributed by atoms with E-state index in [1.165, 1.54) is 22.8 Å². The van der Waals surface area contributed by atoms with Crippen molar-refractivity contribution in [2.24, 2.45) is 7.05 Å². The van der Waals surface area contributed by atoms with Gasteiger partial charge in [-0.15, -0.1) is 0 Å². The Hall–Kier alpha value is -2.43. The van der Waals surface area contributed by atoms with Crippen LogP contribution in [0.1, 0.15) is 28.8 Å². The molecule has 1 saturated heterocycles. The highest BCUT2D eigenvalue weighted by Gasteiger charge is 2.29. The van der Waals surface area contributed by atoms with Gasteiger partial charge in [0, 0.05) is 31.9 Å². The van der Waals surface area contributed by atoms with E-state index in [0.717, 1.165) is 24.8 Å². The molecular weight excluding hydrogens is 295 g/mol. The van der Waals surface area contributed by atoms with Crippen molar-refractivity contribution in [2.75, 3.05) is 6.54 Å². The molecule has 2 heterocycles. The topological polar surface area (TPSA) is 42.3 Å². The number of likely N-dealkylation sites (tertiary alicyclic amines) is 1. The monoisotopic (exact) mass is 314 g/mol. The minimum absolute atomic E-state index is 0.0507. The number of carbonyl (C=O) groups is 1. The highest BCUT2D eigenvalue weighted by atomic mass is 19.1. The highest BCUT2D eigenvalue weighted by Crippen LogP contribution is 2.23. The molecule has 5 heteroatoms. The van der Waals surface area contributed by atoms with Gasteiger partial charge in [0.2, 0.25) is 5.56 Å². The zero-order valence-electron chi connectivity index (χ0n) is 13.0. The number of aryl methyl sites for hydroxylation is 1. The fourth-order valence-corrected chi connectivity index (χ4v) is 3.09. The first-order valence-electron chi connectivity index (χ1n) is 7.77. The summed E-state index contributed by atoms with van der Waals surface area (Å²) in [5.74, 6) is -0.302. The maximum atomic E-state index is 13.0. The Bertz CT molecular complexity index is 767. The van der Waals surface area contributed by atoms with Crippen LogP contribution in [0.4, 0.5) is 4.39 Å². The van der Waals surface area contributed by atoms with E-state index in [-0.39, 0.29) is 23.3 Å². The van der Waals surface area contributed by atoms with Crippen LogP contribution in [-0.2, 0) is 13.5 Å². The molecule has 2 aromatic rings. The predicted octanol–water partition coefficient (Wildman–Crippen LogP) is 2.37. The number of benzene rings is 1. The minimum Gasteiger partial charge on any atom is -0.335 e. The Kier molecular flexibility index (Phi) is 4.28. The number of hydrogen-bond acceptors (Lipinski definition) is 2. The Morgan fingerprint density at radius 3 is 2.65 bits per heavy atom. The summed E-state index contributed by atoms with van der Waals surface area (Å²) in [6.07, 6.45) is 4.20. The normalized spacial score (nSPS) is 17.5. The largest absolute Gasteiger partial charge is 0.335 e. The molecule has 4 nitrogen and oxygen atoms in total. The van der Waals surface area contributed by atoms with Gasteiger partial charge in [-0.05, 0) is 43.0 Å². The standard InChI is InChI=1S/C18H19FN2O2/c1-20-12-14(6-9-17(20)22)18(23)21-10-2-3-16(21)11-13-4-7-15(19)8-5-13/h4-9,12,16H,2-3,10-11H2,1H3/t16-/m1/s1. The second-order valence-corrected chi connectivity index (χ2v) is 5.99. The summed E-state index contributed by atoms with van der Waals surface area (Å²) in [5.41, 5.74) is 1.42. The lowest BCUT2D eigenvalue weighted by Crippen LogP contribution is -2.37. The third-order valence-corrected chi connectivity index (χ3v) is 4.36. The zero-order valence-corrected chi connectivity index (χ0v) is 13.0. The van der Waals surface area contributed by atoms with E-state index < -0.39 is 0 Å². The molecule has 23 heavy (non-hydrogen) atoms. The Morgan fingerprint density at radius 2 is 1.96 bits per heavy atom. The van der Waals surface area contributed by atoms with Gasteiger partial charge in [0.15, 0.2) is 0 Å². The van der Waals surface area contributed by atoms with E-state index in [2.05, 4.69) is 0 Å². The summed E-state index contributed by atoms with van der Waals surface area (Å²) in [5, 5.41) is 0. The molecule has 1 aliphatic heterocycles. The van der Waals surface area contributed by atoms with Crippen LogP contribution in [0, 0.1) is 5.82 Å². The Labute approximate surface area is 134 Å². The number of aromatic nitrogens is 1. The van der Waals surface area contributed by atoms with Crippen molar-refractivity contribution < 1.29 is 9.18 Å². The zero-order chi connectivity index (χ0) is 16.4. The van der Waals surface area contributed by atoms with Crippen molar-refractivity contribution in [2.45, 2.75) is 25.3 Å². The summed E-state index contributed by atoms with van der Waals surface area (Å²) >= 11 is 0. The van der Waals surface area contributed by atoms with Gasteiger partial charge in [-0.3, -0.25) is 9.59 Å². The number of rotatable bonds is 3. The third kappa shape index (κ3) is 3.33. The lowest BCUT2D eigenvalue weighted by Gasteiger charge is -2.25. The molecular formula is C18H19FN2O2. The fourth-order valence-electron chi connectivity index (χ4n) is 3.09. The van der Waals surface area contributed by atoms with Crippen molar-refractivity contribution >= 4 is 5.91 Å². The van der Waals surface area contributed by atoms with Crippen LogP contribution in [0.2, 0.25) is 0 Å². The van der Waals surface area contributed by atoms with Crippen LogP contribution in [0.15, 0.2) is 47.4 Å². The second-order valence-electron chi connectivity index (χ2n) is 5.99. The summed E-state index contributed by atoms with van der Waals surface area (Å²) in [7, 11) is 1.64. The lowest BCUT2D eigenvalue weighted by molar-refractivity contribution is 0.0735. The van der Waals surface area contributed by atoms with E-state index in [9.17, 15) is 14.0 Å². The molecule has 3 rings (SSSR count). The number of amides is 1. The molecule has 1 aromatic carbocycles. The van der Waals surface area contributed by atoms with Gasteiger partial charge in [-0.25, -0.2) is 4.39 Å². The lowest BCUT2D eigenvalue weighted by atomic mass is 10.0. The molecule has 0 aliphatic carbocycles. The Morgan fingerprint density at radius 1 is 1.22 bits per heavy atom. The number of hydrogen-bond donors (Lipinski definition) is 0. The first kappa shape index (κ1) is 15.5. The number of carbonyl (C=O) groups excluding carboxylic acids is 1. The van der Waals surface area contributed by atoms with Crippen LogP contribution < -0.4 is 5.56 Å². The van der Waals surface area contributed by atoms with Crippen molar-refractivity contribution in [1.82, 2.24) is 9.47 Å². The summed E-state index contributed by atoms with van der Waals surface area (Å²) in [6, 6.07) is 9.54. The molecule has 1 aromatic heterocycles. The Balaban J connectivity index is 1.77. The van der Waals surface area contributed by atoms with Gasteiger partial charge in [0.05, 0.1) is 5.56 Å². The van der Waals surface area contributed by atoms with Crippen LogP contribution in [0.5, 0.6) is 0 Å². The van der Waals surface area contributed by atoms with Crippen molar-refractivity contribution in [3.8, 4) is 0 Å². The SMILES string of the molecule is Cn1cc(C(=O)N2CCC[C@@H]2Cc2ccc(F)cc2)ccc1=O. The van der Waals surface area contributed by atoms with Crippen molar-refractivity contribution in [1.29, 1.82) is 0 Å². The van der Waals surface area contributed by atoms with Gasteiger partial charge in [-0.1, -0.05) is 12.1 Å². The van der Waals surface area contributed by atoms with Gasteiger partial charge in [0.25, 0.3) is 5.91 Å². The maximum absolute atomic E-state index is 13.0. The van der Waals surface area contributed by atoms with Crippen LogP contribution in [0.3, 0.4) is 0 Å². The molecule has 0 radical (unpaired) electrons. The smallest absolute Gasteiger partial charge is 0.255 e.